The van der Waals surface area contributed by atoms with Crippen molar-refractivity contribution in [1.82, 2.24) is 0 Å². The van der Waals surface area contributed by atoms with Gasteiger partial charge in [-0.1, -0.05) is 41.5 Å². The summed E-state index contributed by atoms with van der Waals surface area (Å²) in [6, 6.07) is 0. The normalized spacial score (nSPS) is 14.3. The van der Waals surface area contributed by atoms with Gasteiger partial charge in [-0.05, 0) is 45.4 Å². The summed E-state index contributed by atoms with van der Waals surface area (Å²) in [5.41, 5.74) is -1.01. The van der Waals surface area contributed by atoms with Crippen LogP contribution < -0.4 is 0 Å². The summed E-state index contributed by atoms with van der Waals surface area (Å²) in [5.74, 6) is -0.623. The van der Waals surface area contributed by atoms with Gasteiger partial charge in [-0.2, -0.15) is 9.78 Å². The molecule has 0 saturated heterocycles. The minimum atomic E-state index is -1.34. The van der Waals surface area contributed by atoms with Gasteiger partial charge >= 0.3 is 0 Å². The Labute approximate surface area is 142 Å². The third-order valence-electron chi connectivity index (χ3n) is 4.56. The molecule has 0 heterocycles. The fourth-order valence-electron chi connectivity index (χ4n) is 1.38. The van der Waals surface area contributed by atoms with Gasteiger partial charge in [0.15, 0.2) is 0 Å². The largest absolute Gasteiger partial charge is 0.391 e. The van der Waals surface area contributed by atoms with E-state index < -0.39 is 17.0 Å². The summed E-state index contributed by atoms with van der Waals surface area (Å²) in [6.07, 6.45) is 0.450. The van der Waals surface area contributed by atoms with Gasteiger partial charge in [0.1, 0.15) is 17.8 Å². The van der Waals surface area contributed by atoms with Crippen molar-refractivity contribution in [3.8, 4) is 0 Å². The van der Waals surface area contributed by atoms with Crippen molar-refractivity contribution < 1.29 is 24.7 Å². The Morgan fingerprint density at radius 1 is 0.696 bits per heavy atom. The second-order valence-corrected chi connectivity index (χ2v) is 8.52. The number of hydrogen-bond donors (Lipinski definition) is 1. The third-order valence-corrected chi connectivity index (χ3v) is 4.56. The SMILES string of the molecule is CC(C)CC(CO)(OOC(C)(C)C(C)C)OOC(C)(C)C(C)C. The molecule has 0 aliphatic rings. The zero-order valence-corrected chi connectivity index (χ0v) is 16.7. The quantitative estimate of drug-likeness (QED) is 0.343. The monoisotopic (exact) mass is 334 g/mol. The first kappa shape index (κ1) is 22.8. The zero-order valence-electron chi connectivity index (χ0n) is 16.7. The van der Waals surface area contributed by atoms with E-state index in [1.54, 1.807) is 0 Å². The lowest BCUT2D eigenvalue weighted by molar-refractivity contribution is -0.553. The van der Waals surface area contributed by atoms with Gasteiger partial charge in [0.2, 0.25) is 0 Å². The molecule has 140 valence electrons. The summed E-state index contributed by atoms with van der Waals surface area (Å²) < 4.78 is 0. The number of aliphatic hydroxyl groups is 1. The first-order valence-electron chi connectivity index (χ1n) is 8.62. The summed E-state index contributed by atoms with van der Waals surface area (Å²) in [6.45, 7) is 19.6. The van der Waals surface area contributed by atoms with E-state index in [-0.39, 0.29) is 24.4 Å². The highest BCUT2D eigenvalue weighted by Crippen LogP contribution is 2.31. The van der Waals surface area contributed by atoms with Crippen LogP contribution in [-0.2, 0) is 19.6 Å². The van der Waals surface area contributed by atoms with Crippen molar-refractivity contribution in [1.29, 1.82) is 0 Å². The second-order valence-electron chi connectivity index (χ2n) is 8.52. The number of rotatable bonds is 11. The lowest BCUT2D eigenvalue weighted by atomic mass is 9.95. The highest BCUT2D eigenvalue weighted by Gasteiger charge is 2.41. The van der Waals surface area contributed by atoms with Crippen LogP contribution in [0.15, 0.2) is 0 Å². The molecule has 0 aromatic carbocycles. The Balaban J connectivity index is 5.10. The van der Waals surface area contributed by atoms with E-state index in [2.05, 4.69) is 0 Å². The molecule has 0 rings (SSSR count). The van der Waals surface area contributed by atoms with Crippen LogP contribution in [0.25, 0.3) is 0 Å². The standard InChI is InChI=1S/C18H38O5/c1-13(2)11-18(12-19,22-20-16(7,8)14(3)4)23-21-17(9,10)15(5)6/h13-15,19H,11-12H2,1-10H3. The average Bonchev–Trinajstić information content (AvgIpc) is 2.41. The van der Waals surface area contributed by atoms with E-state index in [4.69, 9.17) is 19.6 Å². The zero-order chi connectivity index (χ0) is 18.5. The fraction of sp³-hybridized carbons (Fsp3) is 1.00. The lowest BCUT2D eigenvalue weighted by Crippen LogP contribution is -2.47. The average molecular weight is 334 g/mol. The molecule has 0 amide bonds. The summed E-state index contributed by atoms with van der Waals surface area (Å²) >= 11 is 0. The van der Waals surface area contributed by atoms with Crippen LogP contribution in [0.5, 0.6) is 0 Å². The predicted molar refractivity (Wildman–Crippen MR) is 91.4 cm³/mol. The molecule has 0 atom stereocenters. The van der Waals surface area contributed by atoms with E-state index in [0.29, 0.717) is 6.42 Å². The fourth-order valence-corrected chi connectivity index (χ4v) is 1.38. The van der Waals surface area contributed by atoms with Crippen LogP contribution in [0.3, 0.4) is 0 Å². The van der Waals surface area contributed by atoms with Crippen LogP contribution >= 0.6 is 0 Å². The molecule has 0 aromatic rings. The van der Waals surface area contributed by atoms with E-state index >= 15 is 0 Å². The molecule has 23 heavy (non-hydrogen) atoms. The first-order valence-corrected chi connectivity index (χ1v) is 8.62. The van der Waals surface area contributed by atoms with Gasteiger partial charge in [0, 0.05) is 6.42 Å². The van der Waals surface area contributed by atoms with Crippen molar-refractivity contribution >= 4 is 0 Å². The Morgan fingerprint density at radius 2 is 1.04 bits per heavy atom. The highest BCUT2D eigenvalue weighted by atomic mass is 17.3. The van der Waals surface area contributed by atoms with Crippen LogP contribution in [-0.4, -0.2) is 28.7 Å². The maximum absolute atomic E-state index is 9.89. The van der Waals surface area contributed by atoms with E-state index in [1.807, 2.05) is 69.2 Å². The highest BCUT2D eigenvalue weighted by molar-refractivity contribution is 4.74. The van der Waals surface area contributed by atoms with Crippen LogP contribution in [0.2, 0.25) is 0 Å². The molecule has 0 bridgehead atoms. The van der Waals surface area contributed by atoms with Crippen molar-refractivity contribution in [2.24, 2.45) is 17.8 Å². The minimum absolute atomic E-state index is 0.235. The smallest absolute Gasteiger partial charge is 0.256 e. The molecular formula is C18H38O5. The van der Waals surface area contributed by atoms with Crippen molar-refractivity contribution in [3.05, 3.63) is 0 Å². The second kappa shape index (κ2) is 8.77. The predicted octanol–water partition coefficient (Wildman–Crippen LogP) is 4.49. The molecule has 0 unspecified atom stereocenters. The van der Waals surface area contributed by atoms with Gasteiger partial charge in [-0.3, -0.25) is 0 Å². The van der Waals surface area contributed by atoms with E-state index in [0.717, 1.165) is 0 Å². The van der Waals surface area contributed by atoms with E-state index in [1.165, 1.54) is 0 Å². The molecule has 5 nitrogen and oxygen atoms in total. The van der Waals surface area contributed by atoms with Crippen LogP contribution in [0.1, 0.15) is 75.7 Å². The Hall–Kier alpha value is -0.200. The molecule has 0 aromatic heterocycles. The topological polar surface area (TPSA) is 57.2 Å². The molecular weight excluding hydrogens is 296 g/mol. The Morgan fingerprint density at radius 3 is 1.26 bits per heavy atom. The molecule has 5 heteroatoms. The van der Waals surface area contributed by atoms with Gasteiger partial charge < -0.3 is 5.11 Å². The first-order chi connectivity index (χ1) is 10.3. The van der Waals surface area contributed by atoms with Gasteiger partial charge in [0.05, 0.1) is 0 Å². The van der Waals surface area contributed by atoms with Crippen molar-refractivity contribution in [3.63, 3.8) is 0 Å². The number of aliphatic hydroxyl groups excluding tert-OH is 1. The molecule has 1 N–H and O–H groups in total. The Bertz CT molecular complexity index is 310. The minimum Gasteiger partial charge on any atom is -0.391 e. The van der Waals surface area contributed by atoms with Gasteiger partial charge in [-0.15, -0.1) is 0 Å². The van der Waals surface area contributed by atoms with Crippen LogP contribution in [0.4, 0.5) is 0 Å². The summed E-state index contributed by atoms with van der Waals surface area (Å²) in [7, 11) is 0. The number of hydrogen-bond acceptors (Lipinski definition) is 5. The lowest BCUT2D eigenvalue weighted by Gasteiger charge is -2.38. The van der Waals surface area contributed by atoms with E-state index in [9.17, 15) is 5.11 Å². The Kier molecular flexibility index (Phi) is 8.69. The molecule has 0 radical (unpaired) electrons. The molecule has 0 aliphatic carbocycles. The van der Waals surface area contributed by atoms with Crippen LogP contribution in [0, 0.1) is 17.8 Å². The van der Waals surface area contributed by atoms with Gasteiger partial charge in [-0.25, -0.2) is 9.78 Å². The maximum atomic E-state index is 9.89. The maximum Gasteiger partial charge on any atom is 0.256 e. The summed E-state index contributed by atoms with van der Waals surface area (Å²) in [5, 5.41) is 9.89. The summed E-state index contributed by atoms with van der Waals surface area (Å²) in [4.78, 5) is 22.4. The van der Waals surface area contributed by atoms with Crippen molar-refractivity contribution in [2.75, 3.05) is 6.61 Å². The molecule has 0 fully saturated rings. The molecule has 0 saturated carbocycles. The molecule has 0 aliphatic heterocycles. The van der Waals surface area contributed by atoms with Crippen molar-refractivity contribution in [2.45, 2.75) is 92.6 Å². The van der Waals surface area contributed by atoms with Gasteiger partial charge in [0.25, 0.3) is 5.79 Å². The molecule has 0 spiro atoms. The third kappa shape index (κ3) is 7.48.